The number of carbonyl (C=O) groups is 1. The largest absolute Gasteiger partial charge is 0.335 e. The number of benzene rings is 3. The average molecular weight is 504 g/mol. The van der Waals surface area contributed by atoms with Crippen molar-refractivity contribution in [1.82, 2.24) is 15.2 Å². The quantitative estimate of drug-likeness (QED) is 0.324. The topological polar surface area (TPSA) is 45.2 Å². The van der Waals surface area contributed by atoms with Gasteiger partial charge in [0.25, 0.3) is 5.91 Å². The van der Waals surface area contributed by atoms with Gasteiger partial charge in [-0.1, -0.05) is 71.7 Å². The maximum absolute atomic E-state index is 13.5. The second-order valence-corrected chi connectivity index (χ2v) is 10.0. The Morgan fingerprint density at radius 2 is 1.69 bits per heavy atom. The predicted molar refractivity (Wildman–Crippen MR) is 143 cm³/mol. The maximum Gasteiger partial charge on any atom is 0.254 e. The molecule has 5 rings (SSSR count). The number of para-hydroxylation sites is 1. The zero-order valence-electron chi connectivity index (χ0n) is 19.3. The molecule has 0 unspecified atom stereocenters. The number of nitrogens with zero attached hydrogens (tertiary/aromatic N) is 2. The lowest BCUT2D eigenvalue weighted by molar-refractivity contribution is 0.0576. The van der Waals surface area contributed by atoms with E-state index in [0.717, 1.165) is 42.3 Å². The van der Waals surface area contributed by atoms with Gasteiger partial charge in [-0.05, 0) is 60.7 Å². The summed E-state index contributed by atoms with van der Waals surface area (Å²) >= 11 is 12.4. The second kappa shape index (κ2) is 10.8. The molecule has 0 spiro atoms. The van der Waals surface area contributed by atoms with Gasteiger partial charge in [0.05, 0.1) is 5.52 Å². The number of hydrogen-bond donors (Lipinski definition) is 1. The molecular weight excluding hydrogens is 477 g/mol. The Hall–Kier alpha value is -2.92. The summed E-state index contributed by atoms with van der Waals surface area (Å²) in [7, 11) is 0. The molecule has 6 heteroatoms. The third-order valence-corrected chi connectivity index (χ3v) is 7.08. The molecule has 1 N–H and O–H groups in total. The molecule has 3 aromatic carbocycles. The minimum atomic E-state index is -0.0208. The number of amides is 1. The third-order valence-electron chi connectivity index (χ3n) is 6.64. The summed E-state index contributed by atoms with van der Waals surface area (Å²) in [5, 5.41) is 5.81. The van der Waals surface area contributed by atoms with Crippen LogP contribution in [0, 0.1) is 0 Å². The SMILES string of the molecule is O=C(c1cc(Cl)cc(Cl)c1)N1CC[C@H](NCc2cnc3ccccc3c2)C[C@@H]1Cc1ccccc1. The number of likely N-dealkylation sites (tertiary alicyclic amines) is 1. The molecule has 0 bridgehead atoms. The number of rotatable bonds is 6. The normalized spacial score (nSPS) is 18.1. The molecule has 35 heavy (non-hydrogen) atoms. The van der Waals surface area contributed by atoms with Gasteiger partial charge in [-0.15, -0.1) is 0 Å². The summed E-state index contributed by atoms with van der Waals surface area (Å²) < 4.78 is 0. The van der Waals surface area contributed by atoms with Crippen LogP contribution >= 0.6 is 23.2 Å². The van der Waals surface area contributed by atoms with Crippen LogP contribution in [0.3, 0.4) is 0 Å². The summed E-state index contributed by atoms with van der Waals surface area (Å²) in [6.45, 7) is 1.42. The Labute approximate surface area is 215 Å². The van der Waals surface area contributed by atoms with Gasteiger partial charge in [0.1, 0.15) is 0 Å². The van der Waals surface area contributed by atoms with Gasteiger partial charge in [0.2, 0.25) is 0 Å². The molecule has 0 aliphatic carbocycles. The van der Waals surface area contributed by atoms with E-state index in [1.54, 1.807) is 18.2 Å². The van der Waals surface area contributed by atoms with Crippen LogP contribution in [0.1, 0.15) is 34.3 Å². The summed E-state index contributed by atoms with van der Waals surface area (Å²) in [6, 6.07) is 26.1. The van der Waals surface area contributed by atoms with Crippen molar-refractivity contribution < 1.29 is 4.79 Å². The highest BCUT2D eigenvalue weighted by Gasteiger charge is 2.32. The molecule has 2 atom stereocenters. The lowest BCUT2D eigenvalue weighted by atomic mass is 9.91. The van der Waals surface area contributed by atoms with Crippen molar-refractivity contribution >= 4 is 40.0 Å². The summed E-state index contributed by atoms with van der Waals surface area (Å²) in [6.07, 6.45) is 4.50. The van der Waals surface area contributed by atoms with Crippen LogP contribution in [-0.4, -0.2) is 34.4 Å². The van der Waals surface area contributed by atoms with E-state index < -0.39 is 0 Å². The van der Waals surface area contributed by atoms with Gasteiger partial charge in [-0.25, -0.2) is 0 Å². The Kier molecular flexibility index (Phi) is 7.33. The first kappa shape index (κ1) is 23.8. The highest BCUT2D eigenvalue weighted by atomic mass is 35.5. The van der Waals surface area contributed by atoms with Gasteiger partial charge >= 0.3 is 0 Å². The fraction of sp³-hybridized carbons (Fsp3) is 0.241. The van der Waals surface area contributed by atoms with E-state index in [2.05, 4.69) is 34.6 Å². The third kappa shape index (κ3) is 5.84. The Bertz CT molecular complexity index is 1310. The molecule has 1 amide bonds. The highest BCUT2D eigenvalue weighted by Crippen LogP contribution is 2.26. The molecule has 1 aromatic heterocycles. The number of fused-ring (bicyclic) bond motifs is 1. The summed E-state index contributed by atoms with van der Waals surface area (Å²) in [4.78, 5) is 20.1. The number of aromatic nitrogens is 1. The van der Waals surface area contributed by atoms with Crippen molar-refractivity contribution in [2.24, 2.45) is 0 Å². The van der Waals surface area contributed by atoms with Crippen molar-refractivity contribution in [2.75, 3.05) is 6.54 Å². The zero-order valence-corrected chi connectivity index (χ0v) is 20.8. The molecule has 4 nitrogen and oxygen atoms in total. The lowest BCUT2D eigenvalue weighted by Gasteiger charge is -2.40. The van der Waals surface area contributed by atoms with E-state index in [1.165, 1.54) is 5.56 Å². The van der Waals surface area contributed by atoms with E-state index in [9.17, 15) is 4.79 Å². The standard InChI is InChI=1S/C29H27Cl2N3O/c30-24-14-23(15-25(31)16-24)29(35)34-11-10-26(17-27(34)13-20-6-2-1-3-7-20)32-18-21-12-22-8-4-5-9-28(22)33-19-21/h1-9,12,14-16,19,26-27,32H,10-11,13,17-18H2/t26-,27-/m0/s1. The summed E-state index contributed by atoms with van der Waals surface area (Å²) in [5.74, 6) is -0.0208. The highest BCUT2D eigenvalue weighted by molar-refractivity contribution is 6.35. The Morgan fingerprint density at radius 1 is 0.943 bits per heavy atom. The molecular formula is C29H27Cl2N3O. The first-order valence-corrected chi connectivity index (χ1v) is 12.7. The van der Waals surface area contributed by atoms with Crippen LogP contribution in [0.4, 0.5) is 0 Å². The van der Waals surface area contributed by atoms with Crippen LogP contribution < -0.4 is 5.32 Å². The number of hydrogen-bond acceptors (Lipinski definition) is 3. The van der Waals surface area contributed by atoms with Gasteiger partial charge in [-0.3, -0.25) is 9.78 Å². The molecule has 1 saturated heterocycles. The van der Waals surface area contributed by atoms with Crippen molar-refractivity contribution in [3.63, 3.8) is 0 Å². The van der Waals surface area contributed by atoms with Crippen LogP contribution in [-0.2, 0) is 13.0 Å². The van der Waals surface area contributed by atoms with Gasteiger partial charge in [0, 0.05) is 52.4 Å². The van der Waals surface area contributed by atoms with Crippen LogP contribution in [0.25, 0.3) is 10.9 Å². The smallest absolute Gasteiger partial charge is 0.254 e. The molecule has 4 aromatic rings. The maximum atomic E-state index is 13.5. The van der Waals surface area contributed by atoms with Crippen molar-refractivity contribution in [1.29, 1.82) is 0 Å². The minimum Gasteiger partial charge on any atom is -0.335 e. The monoisotopic (exact) mass is 503 g/mol. The first-order chi connectivity index (χ1) is 17.0. The molecule has 1 fully saturated rings. The van der Waals surface area contributed by atoms with Gasteiger partial charge in [0.15, 0.2) is 0 Å². The number of piperidine rings is 1. The molecule has 1 aliphatic heterocycles. The number of halogens is 2. The molecule has 0 radical (unpaired) electrons. The predicted octanol–water partition coefficient (Wildman–Crippen LogP) is 6.55. The molecule has 178 valence electrons. The van der Waals surface area contributed by atoms with E-state index >= 15 is 0 Å². The summed E-state index contributed by atoms with van der Waals surface area (Å²) in [5.41, 5.74) is 3.93. The Balaban J connectivity index is 1.31. The van der Waals surface area contributed by atoms with Crippen molar-refractivity contribution in [3.8, 4) is 0 Å². The molecule has 1 aliphatic rings. The van der Waals surface area contributed by atoms with Crippen LogP contribution in [0.2, 0.25) is 10.0 Å². The second-order valence-electron chi connectivity index (χ2n) is 9.14. The molecule has 2 heterocycles. The van der Waals surface area contributed by atoms with Crippen LogP contribution in [0.5, 0.6) is 0 Å². The van der Waals surface area contributed by atoms with E-state index in [-0.39, 0.29) is 11.9 Å². The van der Waals surface area contributed by atoms with Crippen LogP contribution in [0.15, 0.2) is 85.1 Å². The molecule has 0 saturated carbocycles. The minimum absolute atomic E-state index is 0.0208. The van der Waals surface area contributed by atoms with E-state index in [0.29, 0.717) is 28.2 Å². The van der Waals surface area contributed by atoms with Gasteiger partial charge in [-0.2, -0.15) is 0 Å². The average Bonchev–Trinajstić information content (AvgIpc) is 2.87. The van der Waals surface area contributed by atoms with Crippen molar-refractivity contribution in [3.05, 3.63) is 112 Å². The first-order valence-electron chi connectivity index (χ1n) is 11.9. The van der Waals surface area contributed by atoms with Gasteiger partial charge < -0.3 is 10.2 Å². The fourth-order valence-electron chi connectivity index (χ4n) is 4.90. The van der Waals surface area contributed by atoms with E-state index in [4.69, 9.17) is 23.2 Å². The lowest BCUT2D eigenvalue weighted by Crippen LogP contribution is -2.51. The Morgan fingerprint density at radius 3 is 2.49 bits per heavy atom. The number of pyridine rings is 1. The number of carbonyl (C=O) groups excluding carboxylic acids is 1. The van der Waals surface area contributed by atoms with Crippen molar-refractivity contribution in [2.45, 2.75) is 37.9 Å². The fourth-order valence-corrected chi connectivity index (χ4v) is 5.43. The zero-order chi connectivity index (χ0) is 24.2. The number of nitrogens with one attached hydrogen (secondary N) is 1. The van der Waals surface area contributed by atoms with E-state index in [1.807, 2.05) is 47.5 Å².